The minimum atomic E-state index is 0.121. The van der Waals surface area contributed by atoms with Gasteiger partial charge in [0.1, 0.15) is 11.5 Å². The average molecular weight is 356 g/mol. The van der Waals surface area contributed by atoms with Gasteiger partial charge in [-0.25, -0.2) is 0 Å². The molecule has 1 aromatic carbocycles. The minimum absolute atomic E-state index is 0.121. The summed E-state index contributed by atoms with van der Waals surface area (Å²) < 4.78 is 6.84. The first-order valence-corrected chi connectivity index (χ1v) is 7.58. The molecule has 1 atom stereocenters. The number of nitrogens with two attached hydrogens (primary N) is 1. The molecule has 0 aliphatic heterocycles. The van der Waals surface area contributed by atoms with Crippen molar-refractivity contribution in [1.82, 2.24) is 4.98 Å². The topological polar surface area (TPSA) is 48.1 Å². The highest BCUT2D eigenvalue weighted by atomic mass is 79.9. The molecule has 1 unspecified atom stereocenters. The number of hydrogen-bond donors (Lipinski definition) is 1. The van der Waals surface area contributed by atoms with Crippen molar-refractivity contribution in [3.8, 4) is 11.5 Å². The van der Waals surface area contributed by atoms with E-state index in [4.69, 9.17) is 22.1 Å². The second-order valence-corrected chi connectivity index (χ2v) is 5.92. The first-order valence-electron chi connectivity index (χ1n) is 6.41. The van der Waals surface area contributed by atoms with E-state index >= 15 is 0 Å². The standard InChI is InChI=1S/C15H16BrClN2O/c1-2-13(18)5-10-3-4-11(16)6-15(10)20-14-7-12(17)8-19-9-14/h3-4,6-9,13H,2,5,18H2,1H3. The van der Waals surface area contributed by atoms with Gasteiger partial charge in [-0.3, -0.25) is 4.98 Å². The van der Waals surface area contributed by atoms with Crippen LogP contribution in [-0.4, -0.2) is 11.0 Å². The maximum atomic E-state index is 6.03. The van der Waals surface area contributed by atoms with Crippen LogP contribution < -0.4 is 10.5 Å². The van der Waals surface area contributed by atoms with Gasteiger partial charge < -0.3 is 10.5 Å². The molecular weight excluding hydrogens is 340 g/mol. The highest BCUT2D eigenvalue weighted by molar-refractivity contribution is 9.10. The maximum absolute atomic E-state index is 6.03. The van der Waals surface area contributed by atoms with Gasteiger partial charge in [0, 0.05) is 22.8 Å². The summed E-state index contributed by atoms with van der Waals surface area (Å²) in [5, 5.41) is 0.546. The zero-order valence-corrected chi connectivity index (χ0v) is 13.5. The van der Waals surface area contributed by atoms with E-state index in [0.29, 0.717) is 10.8 Å². The molecule has 2 aromatic rings. The number of benzene rings is 1. The predicted molar refractivity (Wildman–Crippen MR) is 85.4 cm³/mol. The smallest absolute Gasteiger partial charge is 0.147 e. The highest BCUT2D eigenvalue weighted by Gasteiger charge is 2.10. The maximum Gasteiger partial charge on any atom is 0.147 e. The fourth-order valence-electron chi connectivity index (χ4n) is 1.79. The second-order valence-electron chi connectivity index (χ2n) is 4.57. The molecule has 0 fully saturated rings. The number of aromatic nitrogens is 1. The van der Waals surface area contributed by atoms with Crippen molar-refractivity contribution in [2.45, 2.75) is 25.8 Å². The highest BCUT2D eigenvalue weighted by Crippen LogP contribution is 2.30. The van der Waals surface area contributed by atoms with Crippen LogP contribution in [0, 0.1) is 0 Å². The molecule has 2 N–H and O–H groups in total. The summed E-state index contributed by atoms with van der Waals surface area (Å²) in [6.07, 6.45) is 4.90. The monoisotopic (exact) mass is 354 g/mol. The molecule has 0 spiro atoms. The molecule has 0 saturated heterocycles. The lowest BCUT2D eigenvalue weighted by Crippen LogP contribution is -2.21. The zero-order valence-electron chi connectivity index (χ0n) is 11.1. The number of halogens is 2. The van der Waals surface area contributed by atoms with E-state index in [1.165, 1.54) is 0 Å². The van der Waals surface area contributed by atoms with Crippen molar-refractivity contribution >= 4 is 27.5 Å². The third kappa shape index (κ3) is 4.20. The van der Waals surface area contributed by atoms with E-state index in [9.17, 15) is 0 Å². The third-order valence-corrected chi connectivity index (χ3v) is 3.64. The lowest BCUT2D eigenvalue weighted by molar-refractivity contribution is 0.469. The number of ether oxygens (including phenoxy) is 1. The van der Waals surface area contributed by atoms with Gasteiger partial charge in [-0.05, 0) is 30.5 Å². The molecule has 3 nitrogen and oxygen atoms in total. The molecule has 106 valence electrons. The molecule has 5 heteroatoms. The Kier molecular flexibility index (Phi) is 5.40. The fourth-order valence-corrected chi connectivity index (χ4v) is 2.30. The molecule has 0 saturated carbocycles. The van der Waals surface area contributed by atoms with E-state index in [1.54, 1.807) is 18.5 Å². The Morgan fingerprint density at radius 2 is 2.15 bits per heavy atom. The van der Waals surface area contributed by atoms with Gasteiger partial charge in [0.15, 0.2) is 0 Å². The quantitative estimate of drug-likeness (QED) is 0.854. The molecule has 0 amide bonds. The van der Waals surface area contributed by atoms with Gasteiger partial charge in [0.2, 0.25) is 0 Å². The van der Waals surface area contributed by atoms with Gasteiger partial charge >= 0.3 is 0 Å². The van der Waals surface area contributed by atoms with E-state index in [-0.39, 0.29) is 6.04 Å². The molecule has 0 aliphatic rings. The van der Waals surface area contributed by atoms with Crippen molar-refractivity contribution in [3.05, 3.63) is 51.7 Å². The van der Waals surface area contributed by atoms with Crippen molar-refractivity contribution in [2.24, 2.45) is 5.73 Å². The van der Waals surface area contributed by atoms with Crippen LogP contribution in [0.5, 0.6) is 11.5 Å². The second kappa shape index (κ2) is 7.07. The van der Waals surface area contributed by atoms with Gasteiger partial charge in [-0.15, -0.1) is 0 Å². The summed E-state index contributed by atoms with van der Waals surface area (Å²) in [6.45, 7) is 2.07. The Bertz CT molecular complexity index is 592. The van der Waals surface area contributed by atoms with Crippen LogP contribution >= 0.6 is 27.5 Å². The Balaban J connectivity index is 2.27. The average Bonchev–Trinajstić information content (AvgIpc) is 2.41. The molecule has 2 rings (SSSR count). The third-order valence-electron chi connectivity index (χ3n) is 2.94. The molecule has 1 aromatic heterocycles. The largest absolute Gasteiger partial charge is 0.455 e. The molecular formula is C15H16BrClN2O. The minimum Gasteiger partial charge on any atom is -0.455 e. The van der Waals surface area contributed by atoms with Crippen LogP contribution in [0.15, 0.2) is 41.1 Å². The number of rotatable bonds is 5. The molecule has 0 radical (unpaired) electrons. The van der Waals surface area contributed by atoms with E-state index in [0.717, 1.165) is 28.6 Å². The molecule has 1 heterocycles. The van der Waals surface area contributed by atoms with E-state index < -0.39 is 0 Å². The van der Waals surface area contributed by atoms with Crippen LogP contribution in [0.4, 0.5) is 0 Å². The summed E-state index contributed by atoms with van der Waals surface area (Å²) in [6, 6.07) is 7.79. The van der Waals surface area contributed by atoms with Crippen LogP contribution in [-0.2, 0) is 6.42 Å². The summed E-state index contributed by atoms with van der Waals surface area (Å²) in [5.74, 6) is 1.38. The summed E-state index contributed by atoms with van der Waals surface area (Å²) >= 11 is 9.37. The fraction of sp³-hybridized carbons (Fsp3) is 0.267. The van der Waals surface area contributed by atoms with Gasteiger partial charge in [-0.1, -0.05) is 40.5 Å². The first-order chi connectivity index (χ1) is 9.58. The lowest BCUT2D eigenvalue weighted by Gasteiger charge is -2.14. The van der Waals surface area contributed by atoms with Gasteiger partial charge in [0.05, 0.1) is 11.2 Å². The molecule has 20 heavy (non-hydrogen) atoms. The van der Waals surface area contributed by atoms with Crippen LogP contribution in [0.2, 0.25) is 5.02 Å². The van der Waals surface area contributed by atoms with E-state index in [2.05, 4.69) is 27.8 Å². The summed E-state index contributed by atoms with van der Waals surface area (Å²) in [5.41, 5.74) is 7.10. The summed E-state index contributed by atoms with van der Waals surface area (Å²) in [4.78, 5) is 4.02. The van der Waals surface area contributed by atoms with Crippen LogP contribution in [0.1, 0.15) is 18.9 Å². The number of hydrogen-bond acceptors (Lipinski definition) is 3. The zero-order chi connectivity index (χ0) is 14.5. The number of nitrogens with zero attached hydrogens (tertiary/aromatic N) is 1. The van der Waals surface area contributed by atoms with Crippen LogP contribution in [0.25, 0.3) is 0 Å². The van der Waals surface area contributed by atoms with Crippen molar-refractivity contribution in [2.75, 3.05) is 0 Å². The van der Waals surface area contributed by atoms with Gasteiger partial charge in [-0.2, -0.15) is 0 Å². The van der Waals surface area contributed by atoms with Crippen molar-refractivity contribution in [3.63, 3.8) is 0 Å². The Hall–Kier alpha value is -1.10. The summed E-state index contributed by atoms with van der Waals surface area (Å²) in [7, 11) is 0. The van der Waals surface area contributed by atoms with E-state index in [1.807, 2.05) is 18.2 Å². The SMILES string of the molecule is CCC(N)Cc1ccc(Br)cc1Oc1cncc(Cl)c1. The Morgan fingerprint density at radius 1 is 1.35 bits per heavy atom. The predicted octanol–water partition coefficient (Wildman–Crippen LogP) is 4.57. The van der Waals surface area contributed by atoms with Crippen LogP contribution in [0.3, 0.4) is 0 Å². The Labute approximate surface area is 132 Å². The normalized spacial score (nSPS) is 12.2. The number of pyridine rings is 1. The molecule has 0 aliphatic carbocycles. The van der Waals surface area contributed by atoms with Crippen molar-refractivity contribution < 1.29 is 4.74 Å². The molecule has 0 bridgehead atoms. The lowest BCUT2D eigenvalue weighted by atomic mass is 10.0. The Morgan fingerprint density at radius 3 is 2.85 bits per heavy atom. The van der Waals surface area contributed by atoms with Gasteiger partial charge in [0.25, 0.3) is 0 Å². The first kappa shape index (κ1) is 15.3. The van der Waals surface area contributed by atoms with Crippen molar-refractivity contribution in [1.29, 1.82) is 0 Å².